The van der Waals surface area contributed by atoms with Crippen molar-refractivity contribution >= 4 is 29.0 Å². The number of aryl methyl sites for hydroxylation is 1. The van der Waals surface area contributed by atoms with Crippen LogP contribution in [-0.2, 0) is 7.05 Å². The second kappa shape index (κ2) is 7.19. The van der Waals surface area contributed by atoms with Gasteiger partial charge in [0.25, 0.3) is 11.6 Å². The number of amides is 1. The minimum Gasteiger partial charge on any atom is -0.508 e. The number of aromatic hydroxyl groups is 1. The first-order valence-corrected chi connectivity index (χ1v) is 8.05. The summed E-state index contributed by atoms with van der Waals surface area (Å²) in [6.45, 7) is 0. The van der Waals surface area contributed by atoms with Crippen LogP contribution < -0.4 is 5.32 Å². The zero-order valence-electron chi connectivity index (χ0n) is 13.4. The average molecular weight is 372 g/mol. The highest BCUT2D eigenvalue weighted by Gasteiger charge is 2.19. The van der Waals surface area contributed by atoms with Gasteiger partial charge in [0, 0.05) is 29.8 Å². The van der Waals surface area contributed by atoms with Crippen LogP contribution in [0, 0.1) is 10.1 Å². The Hall–Kier alpha value is -3.47. The smallest absolute Gasteiger partial charge is 0.270 e. The van der Waals surface area contributed by atoms with Crippen LogP contribution in [0.1, 0.15) is 10.4 Å². The van der Waals surface area contributed by atoms with Crippen LogP contribution in [0.25, 0.3) is 0 Å². The Labute approximate surface area is 151 Å². The molecule has 0 saturated carbocycles. The van der Waals surface area contributed by atoms with E-state index in [1.54, 1.807) is 7.05 Å². The predicted molar refractivity (Wildman–Crippen MR) is 92.1 cm³/mol. The van der Waals surface area contributed by atoms with Crippen molar-refractivity contribution in [2.75, 3.05) is 5.32 Å². The molecule has 0 atom stereocenters. The molecule has 0 aliphatic heterocycles. The third-order valence-electron chi connectivity index (χ3n) is 3.33. The first kappa shape index (κ1) is 17.4. The number of anilines is 1. The van der Waals surface area contributed by atoms with Crippen LogP contribution in [0.4, 0.5) is 11.4 Å². The number of carbonyl (C=O) groups excluding carboxylic acids is 1. The normalized spacial score (nSPS) is 10.5. The van der Waals surface area contributed by atoms with E-state index in [9.17, 15) is 20.0 Å². The molecule has 0 saturated heterocycles. The van der Waals surface area contributed by atoms with Crippen molar-refractivity contribution in [2.24, 2.45) is 7.05 Å². The molecule has 0 bridgehead atoms. The van der Waals surface area contributed by atoms with Crippen LogP contribution >= 0.6 is 11.8 Å². The summed E-state index contributed by atoms with van der Waals surface area (Å²) in [5, 5.41) is 34.5. The van der Waals surface area contributed by atoms with Crippen LogP contribution in [0.15, 0.2) is 52.5 Å². The molecule has 26 heavy (non-hydrogen) atoms. The number of non-ortho nitro benzene ring substituents is 1. The van der Waals surface area contributed by atoms with Gasteiger partial charge >= 0.3 is 0 Å². The molecular formula is C15H12N6O4S. The van der Waals surface area contributed by atoms with Gasteiger partial charge in [-0.1, -0.05) is 0 Å². The zero-order valence-corrected chi connectivity index (χ0v) is 14.2. The van der Waals surface area contributed by atoms with Gasteiger partial charge in [-0.2, -0.15) is 0 Å². The lowest BCUT2D eigenvalue weighted by Crippen LogP contribution is -2.13. The third kappa shape index (κ3) is 3.78. The van der Waals surface area contributed by atoms with Crippen LogP contribution in [0.5, 0.6) is 5.75 Å². The first-order chi connectivity index (χ1) is 12.4. The average Bonchev–Trinajstić information content (AvgIpc) is 3.02. The molecule has 0 aliphatic rings. The molecule has 1 heterocycles. The van der Waals surface area contributed by atoms with E-state index in [1.165, 1.54) is 47.1 Å². The quantitative estimate of drug-likeness (QED) is 0.395. The first-order valence-electron chi connectivity index (χ1n) is 7.23. The number of phenols is 1. The molecular weight excluding hydrogens is 360 g/mol. The number of aromatic nitrogens is 4. The lowest BCUT2D eigenvalue weighted by molar-refractivity contribution is -0.384. The molecule has 11 heteroatoms. The van der Waals surface area contributed by atoms with Gasteiger partial charge in [-0.15, -0.1) is 5.10 Å². The monoisotopic (exact) mass is 372 g/mol. The minimum absolute atomic E-state index is 0.0596. The van der Waals surface area contributed by atoms with Crippen LogP contribution in [-0.4, -0.2) is 36.1 Å². The van der Waals surface area contributed by atoms with E-state index in [1.807, 2.05) is 0 Å². The fourth-order valence-corrected chi connectivity index (χ4v) is 2.89. The summed E-state index contributed by atoms with van der Waals surface area (Å²) in [6, 6.07) is 9.86. The lowest BCUT2D eigenvalue weighted by atomic mass is 10.2. The molecule has 0 spiro atoms. The van der Waals surface area contributed by atoms with Gasteiger partial charge in [0.05, 0.1) is 10.5 Å². The maximum Gasteiger partial charge on any atom is 0.270 e. The fraction of sp³-hybridized carbons (Fsp3) is 0.0667. The fourth-order valence-electron chi connectivity index (χ4n) is 2.05. The Morgan fingerprint density at radius 2 is 2.00 bits per heavy atom. The second-order valence-corrected chi connectivity index (χ2v) is 6.13. The summed E-state index contributed by atoms with van der Waals surface area (Å²) in [5.41, 5.74) is 0.345. The van der Waals surface area contributed by atoms with Gasteiger partial charge in [-0.05, 0) is 52.5 Å². The van der Waals surface area contributed by atoms with Crippen molar-refractivity contribution in [2.45, 2.75) is 10.1 Å². The summed E-state index contributed by atoms with van der Waals surface area (Å²) < 4.78 is 1.42. The summed E-state index contributed by atoms with van der Waals surface area (Å²) in [5.74, 6) is -0.471. The Morgan fingerprint density at radius 1 is 1.27 bits per heavy atom. The van der Waals surface area contributed by atoms with E-state index >= 15 is 0 Å². The number of nitrogens with zero attached hydrogens (tertiary/aromatic N) is 5. The highest BCUT2D eigenvalue weighted by atomic mass is 32.2. The number of nitro benzene ring substituents is 1. The van der Waals surface area contributed by atoms with Gasteiger partial charge < -0.3 is 10.4 Å². The maximum atomic E-state index is 12.6. The Balaban J connectivity index is 1.94. The number of rotatable bonds is 5. The van der Waals surface area contributed by atoms with Gasteiger partial charge in [-0.3, -0.25) is 14.9 Å². The second-order valence-electron chi connectivity index (χ2n) is 5.13. The standard InChI is InChI=1S/C15H12N6O4S/c1-20-15(17-18-19-20)26-13-7-4-10(21(24)25)8-12(13)14(23)16-9-2-5-11(22)6-3-9/h2-8,22H,1H3,(H,16,23). The summed E-state index contributed by atoms with van der Waals surface area (Å²) in [4.78, 5) is 23.6. The molecule has 0 fully saturated rings. The summed E-state index contributed by atoms with van der Waals surface area (Å²) >= 11 is 1.11. The topological polar surface area (TPSA) is 136 Å². The molecule has 3 aromatic rings. The summed E-state index contributed by atoms with van der Waals surface area (Å²) in [6.07, 6.45) is 0. The van der Waals surface area contributed by atoms with Crippen molar-refractivity contribution < 1.29 is 14.8 Å². The Morgan fingerprint density at radius 3 is 2.62 bits per heavy atom. The number of phenolic OH excluding ortho intramolecular Hbond substituents is 1. The molecule has 132 valence electrons. The molecule has 0 aliphatic carbocycles. The number of tetrazole rings is 1. The van der Waals surface area contributed by atoms with Gasteiger partial charge in [0.2, 0.25) is 5.16 Å². The molecule has 1 aromatic heterocycles. The summed E-state index contributed by atoms with van der Waals surface area (Å²) in [7, 11) is 1.64. The largest absolute Gasteiger partial charge is 0.508 e. The minimum atomic E-state index is -0.574. The third-order valence-corrected chi connectivity index (χ3v) is 4.43. The molecule has 10 nitrogen and oxygen atoms in total. The molecule has 0 radical (unpaired) electrons. The predicted octanol–water partition coefficient (Wildman–Crippen LogP) is 2.23. The van der Waals surface area contributed by atoms with E-state index in [4.69, 9.17) is 0 Å². The number of hydrogen-bond donors (Lipinski definition) is 2. The van der Waals surface area contributed by atoms with Crippen molar-refractivity contribution in [3.05, 3.63) is 58.1 Å². The van der Waals surface area contributed by atoms with E-state index in [0.29, 0.717) is 15.7 Å². The van der Waals surface area contributed by atoms with Crippen molar-refractivity contribution in [3.8, 4) is 5.75 Å². The van der Waals surface area contributed by atoms with Crippen molar-refractivity contribution in [1.29, 1.82) is 0 Å². The Bertz CT molecular complexity index is 973. The van der Waals surface area contributed by atoms with Crippen molar-refractivity contribution in [3.63, 3.8) is 0 Å². The number of carbonyl (C=O) groups is 1. The number of benzene rings is 2. The van der Waals surface area contributed by atoms with E-state index in [0.717, 1.165) is 11.8 Å². The van der Waals surface area contributed by atoms with Gasteiger partial charge in [-0.25, -0.2) is 4.68 Å². The highest BCUT2D eigenvalue weighted by Crippen LogP contribution is 2.31. The number of nitro groups is 1. The van der Waals surface area contributed by atoms with Crippen molar-refractivity contribution in [1.82, 2.24) is 20.2 Å². The van der Waals surface area contributed by atoms with E-state index in [-0.39, 0.29) is 17.0 Å². The lowest BCUT2D eigenvalue weighted by Gasteiger charge is -2.09. The molecule has 2 aromatic carbocycles. The number of hydrogen-bond acceptors (Lipinski definition) is 8. The van der Waals surface area contributed by atoms with Gasteiger partial charge in [0.15, 0.2) is 0 Å². The van der Waals surface area contributed by atoms with Crippen LogP contribution in [0.2, 0.25) is 0 Å². The molecule has 1 amide bonds. The Kier molecular flexibility index (Phi) is 4.80. The molecule has 3 rings (SSSR count). The maximum absolute atomic E-state index is 12.6. The van der Waals surface area contributed by atoms with Crippen LogP contribution in [0.3, 0.4) is 0 Å². The zero-order chi connectivity index (χ0) is 18.7. The van der Waals surface area contributed by atoms with Gasteiger partial charge in [0.1, 0.15) is 5.75 Å². The van der Waals surface area contributed by atoms with E-state index < -0.39 is 10.8 Å². The van der Waals surface area contributed by atoms with E-state index in [2.05, 4.69) is 20.8 Å². The number of nitrogens with one attached hydrogen (secondary N) is 1. The SMILES string of the molecule is Cn1nnnc1Sc1ccc([N+](=O)[O-])cc1C(=O)Nc1ccc(O)cc1. The highest BCUT2D eigenvalue weighted by molar-refractivity contribution is 7.99. The molecule has 2 N–H and O–H groups in total. The molecule has 0 unspecified atom stereocenters.